The highest BCUT2D eigenvalue weighted by Crippen LogP contribution is 2.30. The van der Waals surface area contributed by atoms with Crippen LogP contribution in [-0.2, 0) is 16.0 Å². The topological polar surface area (TPSA) is 89.3 Å². The minimum absolute atomic E-state index is 0.0243. The number of hydrogen-bond acceptors (Lipinski definition) is 6. The number of thioether (sulfide) groups is 1. The number of carbonyl (C=O) groups is 1. The Bertz CT molecular complexity index is 1500. The summed E-state index contributed by atoms with van der Waals surface area (Å²) in [6.45, 7) is 1.33. The zero-order chi connectivity index (χ0) is 31.1. The molecule has 1 saturated heterocycles. The third-order valence-electron chi connectivity index (χ3n) is 7.48. The Balaban J connectivity index is 1.25. The molecule has 0 saturated carbocycles. The molecule has 1 fully saturated rings. The molecule has 0 spiro atoms. The predicted octanol–water partition coefficient (Wildman–Crippen LogP) is 6.33. The molecule has 3 aromatic carbocycles. The van der Waals surface area contributed by atoms with Crippen LogP contribution in [-0.4, -0.2) is 48.0 Å². The quantitative estimate of drug-likeness (QED) is 0.166. The SMILES string of the molecule is NC(C(=O)Nc1cncc(F)c1CC[C@@H]1CNC[C@@H](CSc2ccc(Cl)cc2)O1)C(c1ccc(F)cc1)c1ccc(F)cc1. The summed E-state index contributed by atoms with van der Waals surface area (Å²) in [6.07, 6.45) is 3.12. The van der Waals surface area contributed by atoms with E-state index >= 15 is 4.39 Å². The molecule has 1 aromatic heterocycles. The summed E-state index contributed by atoms with van der Waals surface area (Å²) >= 11 is 7.66. The number of nitrogens with two attached hydrogens (primary N) is 1. The Morgan fingerprint density at radius 1 is 0.955 bits per heavy atom. The zero-order valence-electron chi connectivity index (χ0n) is 23.7. The van der Waals surface area contributed by atoms with Crippen molar-refractivity contribution in [1.82, 2.24) is 10.3 Å². The number of nitrogens with one attached hydrogen (secondary N) is 2. The molecule has 0 radical (unpaired) electrons. The van der Waals surface area contributed by atoms with Crippen molar-refractivity contribution in [2.24, 2.45) is 5.73 Å². The van der Waals surface area contributed by atoms with Crippen molar-refractivity contribution in [2.75, 3.05) is 24.2 Å². The minimum Gasteiger partial charge on any atom is -0.371 e. The average Bonchev–Trinajstić information content (AvgIpc) is 3.02. The molecule has 4 N–H and O–H groups in total. The lowest BCUT2D eigenvalue weighted by Gasteiger charge is -2.31. The van der Waals surface area contributed by atoms with Crippen LogP contribution in [0.2, 0.25) is 5.02 Å². The smallest absolute Gasteiger partial charge is 0.242 e. The van der Waals surface area contributed by atoms with Gasteiger partial charge in [-0.05, 0) is 72.5 Å². The number of nitrogens with zero attached hydrogens (tertiary/aromatic N) is 1. The fourth-order valence-electron chi connectivity index (χ4n) is 5.21. The van der Waals surface area contributed by atoms with Gasteiger partial charge in [0.25, 0.3) is 0 Å². The molecule has 1 amide bonds. The highest BCUT2D eigenvalue weighted by molar-refractivity contribution is 7.99. The van der Waals surface area contributed by atoms with Crippen LogP contribution in [0.15, 0.2) is 90.1 Å². The molecule has 6 nitrogen and oxygen atoms in total. The van der Waals surface area contributed by atoms with Crippen molar-refractivity contribution >= 4 is 35.0 Å². The lowest BCUT2D eigenvalue weighted by atomic mass is 9.85. The van der Waals surface area contributed by atoms with Crippen LogP contribution in [0.5, 0.6) is 0 Å². The van der Waals surface area contributed by atoms with Gasteiger partial charge < -0.3 is 21.1 Å². The number of halogens is 4. The fraction of sp³-hybridized carbons (Fsp3) is 0.273. The van der Waals surface area contributed by atoms with E-state index in [0.717, 1.165) is 16.8 Å². The van der Waals surface area contributed by atoms with Crippen LogP contribution in [0, 0.1) is 17.5 Å². The summed E-state index contributed by atoms with van der Waals surface area (Å²) < 4.78 is 48.7. The summed E-state index contributed by atoms with van der Waals surface area (Å²) in [7, 11) is 0. The van der Waals surface area contributed by atoms with Crippen molar-refractivity contribution in [3.8, 4) is 0 Å². The molecule has 44 heavy (non-hydrogen) atoms. The van der Waals surface area contributed by atoms with E-state index in [-0.39, 0.29) is 17.9 Å². The number of hydrogen-bond donors (Lipinski definition) is 3. The van der Waals surface area contributed by atoms with E-state index in [9.17, 15) is 13.6 Å². The Morgan fingerprint density at radius 3 is 2.20 bits per heavy atom. The predicted molar refractivity (Wildman–Crippen MR) is 167 cm³/mol. The summed E-state index contributed by atoms with van der Waals surface area (Å²) in [6, 6.07) is 17.7. The van der Waals surface area contributed by atoms with Gasteiger partial charge in [-0.25, -0.2) is 13.2 Å². The van der Waals surface area contributed by atoms with Gasteiger partial charge in [0.1, 0.15) is 17.5 Å². The number of benzene rings is 3. The van der Waals surface area contributed by atoms with Crippen molar-refractivity contribution in [3.05, 3.63) is 124 Å². The fourth-order valence-corrected chi connectivity index (χ4v) is 6.23. The molecule has 5 rings (SSSR count). The number of aromatic nitrogens is 1. The van der Waals surface area contributed by atoms with E-state index in [1.54, 1.807) is 11.8 Å². The maximum atomic E-state index is 15.0. The first-order chi connectivity index (χ1) is 21.3. The number of amides is 1. The van der Waals surface area contributed by atoms with Gasteiger partial charge in [0.15, 0.2) is 0 Å². The lowest BCUT2D eigenvalue weighted by molar-refractivity contribution is -0.117. The molecule has 11 heteroatoms. The van der Waals surface area contributed by atoms with E-state index in [4.69, 9.17) is 22.1 Å². The zero-order valence-corrected chi connectivity index (χ0v) is 25.3. The molecular weight excluding hydrogens is 609 g/mol. The number of ether oxygens (including phenoxy) is 1. The van der Waals surface area contributed by atoms with Crippen molar-refractivity contribution in [1.29, 1.82) is 0 Å². The summed E-state index contributed by atoms with van der Waals surface area (Å²) in [5.74, 6) is -1.99. The molecule has 3 atom stereocenters. The van der Waals surface area contributed by atoms with Gasteiger partial charge in [-0.2, -0.15) is 0 Å². The molecule has 1 aliphatic rings. The summed E-state index contributed by atoms with van der Waals surface area (Å²) in [5, 5.41) is 6.83. The molecule has 0 bridgehead atoms. The van der Waals surface area contributed by atoms with Crippen molar-refractivity contribution in [2.45, 2.75) is 41.9 Å². The van der Waals surface area contributed by atoms with Gasteiger partial charge in [-0.1, -0.05) is 35.9 Å². The Kier molecular flexibility index (Phi) is 10.9. The van der Waals surface area contributed by atoms with Crippen molar-refractivity contribution < 1.29 is 22.7 Å². The monoisotopic (exact) mass is 640 g/mol. The number of carbonyl (C=O) groups excluding carboxylic acids is 1. The van der Waals surface area contributed by atoms with Crippen LogP contribution >= 0.6 is 23.4 Å². The van der Waals surface area contributed by atoms with Crippen LogP contribution in [0.25, 0.3) is 0 Å². The molecular formula is C33H32ClF3N4O2S. The van der Waals surface area contributed by atoms with E-state index in [0.29, 0.717) is 47.6 Å². The maximum Gasteiger partial charge on any atom is 0.242 e. The van der Waals surface area contributed by atoms with Gasteiger partial charge in [0, 0.05) is 40.2 Å². The Morgan fingerprint density at radius 2 is 1.57 bits per heavy atom. The molecule has 1 aliphatic heterocycles. The maximum absolute atomic E-state index is 15.0. The third-order valence-corrected chi connectivity index (χ3v) is 8.87. The van der Waals surface area contributed by atoms with Crippen LogP contribution in [0.4, 0.5) is 18.9 Å². The molecule has 230 valence electrons. The Labute approximate surface area is 263 Å². The second-order valence-electron chi connectivity index (χ2n) is 10.6. The average molecular weight is 641 g/mol. The highest BCUT2D eigenvalue weighted by Gasteiger charge is 2.29. The largest absolute Gasteiger partial charge is 0.371 e. The Hall–Kier alpha value is -3.41. The third kappa shape index (κ3) is 8.40. The van der Waals surface area contributed by atoms with Gasteiger partial charge in [-0.15, -0.1) is 11.8 Å². The molecule has 1 unspecified atom stereocenters. The highest BCUT2D eigenvalue weighted by atomic mass is 35.5. The van der Waals surface area contributed by atoms with Crippen LogP contribution in [0.3, 0.4) is 0 Å². The lowest BCUT2D eigenvalue weighted by Crippen LogP contribution is -2.46. The number of rotatable bonds is 11. The first-order valence-electron chi connectivity index (χ1n) is 14.2. The minimum atomic E-state index is -1.16. The molecule has 4 aromatic rings. The first-order valence-corrected chi connectivity index (χ1v) is 15.6. The second-order valence-corrected chi connectivity index (χ2v) is 12.1. The van der Waals surface area contributed by atoms with E-state index in [1.807, 2.05) is 24.3 Å². The van der Waals surface area contributed by atoms with Gasteiger partial charge >= 0.3 is 0 Å². The second kappa shape index (κ2) is 15.0. The summed E-state index contributed by atoms with van der Waals surface area (Å²) in [4.78, 5) is 18.5. The van der Waals surface area contributed by atoms with Gasteiger partial charge in [0.2, 0.25) is 5.91 Å². The number of morpholine rings is 1. The number of pyridine rings is 1. The number of anilines is 1. The molecule has 0 aliphatic carbocycles. The van der Waals surface area contributed by atoms with E-state index < -0.39 is 35.3 Å². The molecule has 2 heterocycles. The standard InChI is InChI=1S/C33H32ClF3N4O2S/c34-22-5-12-27(13-6-22)44-19-26-16-39-15-25(43-26)11-14-28-29(37)17-40-18-30(28)41-33(42)32(38)31(20-1-7-23(35)8-2-20)21-3-9-24(36)10-4-21/h1-10,12-13,17-18,25-26,31-32,39H,11,14-16,19,38H2,(H,41,42)/t25-,26+,32?/m1/s1. The van der Waals surface area contributed by atoms with Crippen molar-refractivity contribution in [3.63, 3.8) is 0 Å². The van der Waals surface area contributed by atoms with E-state index in [2.05, 4.69) is 15.6 Å². The van der Waals surface area contributed by atoms with Crippen LogP contribution in [0.1, 0.15) is 29.0 Å². The summed E-state index contributed by atoms with van der Waals surface area (Å²) in [5.41, 5.74) is 8.12. The van der Waals surface area contributed by atoms with Crippen LogP contribution < -0.4 is 16.4 Å². The van der Waals surface area contributed by atoms with Gasteiger partial charge in [-0.3, -0.25) is 9.78 Å². The van der Waals surface area contributed by atoms with E-state index in [1.165, 1.54) is 54.7 Å². The van der Waals surface area contributed by atoms with Gasteiger partial charge in [0.05, 0.1) is 36.3 Å². The normalized spacial score (nSPS) is 17.4. The first kappa shape index (κ1) is 32.0.